The SMILES string of the molecule is N#CCc1cc([C@@H]2CCCN2)cs1. The molecule has 0 aromatic carbocycles. The summed E-state index contributed by atoms with van der Waals surface area (Å²) in [5.74, 6) is 0. The van der Waals surface area contributed by atoms with E-state index in [1.54, 1.807) is 11.3 Å². The number of nitrogens with one attached hydrogen (secondary N) is 1. The minimum atomic E-state index is 0.545. The molecule has 2 heterocycles. The van der Waals surface area contributed by atoms with Crippen LogP contribution >= 0.6 is 11.3 Å². The molecule has 68 valence electrons. The molecule has 0 unspecified atom stereocenters. The van der Waals surface area contributed by atoms with Gasteiger partial charge in [-0.15, -0.1) is 11.3 Å². The van der Waals surface area contributed by atoms with E-state index in [2.05, 4.69) is 22.8 Å². The fourth-order valence-electron chi connectivity index (χ4n) is 1.72. The van der Waals surface area contributed by atoms with Crippen molar-refractivity contribution >= 4 is 11.3 Å². The molecule has 2 rings (SSSR count). The first kappa shape index (κ1) is 8.74. The molecule has 0 saturated carbocycles. The number of rotatable bonds is 2. The molecule has 0 bridgehead atoms. The lowest BCUT2D eigenvalue weighted by Crippen LogP contribution is -2.11. The maximum absolute atomic E-state index is 8.54. The molecule has 3 heteroatoms. The van der Waals surface area contributed by atoms with Gasteiger partial charge in [0.25, 0.3) is 0 Å². The van der Waals surface area contributed by atoms with E-state index in [0.717, 1.165) is 6.54 Å². The van der Waals surface area contributed by atoms with Crippen molar-refractivity contribution < 1.29 is 0 Å². The van der Waals surface area contributed by atoms with Crippen molar-refractivity contribution in [1.82, 2.24) is 5.32 Å². The normalized spacial score (nSPS) is 21.6. The van der Waals surface area contributed by atoms with Gasteiger partial charge in [0, 0.05) is 10.9 Å². The first-order valence-corrected chi connectivity index (χ1v) is 5.46. The fraction of sp³-hybridized carbons (Fsp3) is 0.500. The minimum Gasteiger partial charge on any atom is -0.310 e. The highest BCUT2D eigenvalue weighted by Gasteiger charge is 2.16. The van der Waals surface area contributed by atoms with Gasteiger partial charge in [-0.2, -0.15) is 5.26 Å². The van der Waals surface area contributed by atoms with E-state index in [-0.39, 0.29) is 0 Å². The second-order valence-corrected chi connectivity index (χ2v) is 4.33. The number of thiophene rings is 1. The summed E-state index contributed by atoms with van der Waals surface area (Å²) in [6, 6.07) is 4.89. The molecule has 0 spiro atoms. The molecule has 0 amide bonds. The van der Waals surface area contributed by atoms with Crippen molar-refractivity contribution in [1.29, 1.82) is 5.26 Å². The molecule has 0 aliphatic carbocycles. The van der Waals surface area contributed by atoms with Crippen LogP contribution in [-0.4, -0.2) is 6.54 Å². The first-order valence-electron chi connectivity index (χ1n) is 4.58. The molecule has 1 saturated heterocycles. The molecule has 1 aromatic rings. The van der Waals surface area contributed by atoms with Gasteiger partial charge in [-0.25, -0.2) is 0 Å². The molecule has 13 heavy (non-hydrogen) atoms. The smallest absolute Gasteiger partial charge is 0.0695 e. The zero-order chi connectivity index (χ0) is 9.10. The van der Waals surface area contributed by atoms with Crippen LogP contribution in [-0.2, 0) is 6.42 Å². The predicted molar refractivity (Wildman–Crippen MR) is 53.6 cm³/mol. The van der Waals surface area contributed by atoms with Gasteiger partial charge < -0.3 is 5.32 Å². The third-order valence-electron chi connectivity index (χ3n) is 2.39. The van der Waals surface area contributed by atoms with Crippen molar-refractivity contribution in [2.24, 2.45) is 0 Å². The van der Waals surface area contributed by atoms with Gasteiger partial charge in [0.05, 0.1) is 12.5 Å². The highest BCUT2D eigenvalue weighted by molar-refractivity contribution is 7.10. The molecular formula is C10H12N2S. The van der Waals surface area contributed by atoms with Crippen molar-refractivity contribution in [3.63, 3.8) is 0 Å². The van der Waals surface area contributed by atoms with Gasteiger partial charge in [0.2, 0.25) is 0 Å². The average Bonchev–Trinajstić information content (AvgIpc) is 2.70. The van der Waals surface area contributed by atoms with Crippen molar-refractivity contribution in [2.75, 3.05) is 6.54 Å². The predicted octanol–water partition coefficient (Wildman–Crippen LogP) is 2.24. The Labute approximate surface area is 82.2 Å². The molecule has 1 fully saturated rings. The van der Waals surface area contributed by atoms with Gasteiger partial charge >= 0.3 is 0 Å². The molecule has 1 aliphatic rings. The zero-order valence-corrected chi connectivity index (χ0v) is 8.23. The van der Waals surface area contributed by atoms with Crippen LogP contribution < -0.4 is 5.32 Å². The standard InChI is InChI=1S/C10H12N2S/c11-4-3-9-6-8(7-13-9)10-2-1-5-12-10/h6-7,10,12H,1-3,5H2/t10-/m0/s1. The maximum atomic E-state index is 8.54. The van der Waals surface area contributed by atoms with Crippen molar-refractivity contribution in [3.8, 4) is 6.07 Å². The van der Waals surface area contributed by atoms with Gasteiger partial charge in [-0.1, -0.05) is 0 Å². The fourth-order valence-corrected chi connectivity index (χ4v) is 2.59. The third-order valence-corrected chi connectivity index (χ3v) is 3.34. The van der Waals surface area contributed by atoms with E-state index < -0.39 is 0 Å². The Morgan fingerprint density at radius 3 is 3.31 bits per heavy atom. The molecule has 1 aliphatic heterocycles. The lowest BCUT2D eigenvalue weighted by atomic mass is 10.1. The summed E-state index contributed by atoms with van der Waals surface area (Å²) in [6.07, 6.45) is 3.06. The van der Waals surface area contributed by atoms with Gasteiger partial charge in [-0.3, -0.25) is 0 Å². The summed E-state index contributed by atoms with van der Waals surface area (Å²) in [5.41, 5.74) is 1.37. The van der Waals surface area contributed by atoms with Crippen LogP contribution in [0.1, 0.15) is 29.3 Å². The van der Waals surface area contributed by atoms with Gasteiger partial charge in [0.1, 0.15) is 0 Å². The van der Waals surface area contributed by atoms with Crippen LogP contribution in [0.5, 0.6) is 0 Å². The quantitative estimate of drug-likeness (QED) is 0.780. The maximum Gasteiger partial charge on any atom is 0.0695 e. The first-order chi connectivity index (χ1) is 6.40. The van der Waals surface area contributed by atoms with Crippen LogP contribution in [0.2, 0.25) is 0 Å². The van der Waals surface area contributed by atoms with Crippen molar-refractivity contribution in [3.05, 3.63) is 21.9 Å². The van der Waals surface area contributed by atoms with E-state index in [1.807, 2.05) is 0 Å². The van der Waals surface area contributed by atoms with Crippen LogP contribution in [0.15, 0.2) is 11.4 Å². The van der Waals surface area contributed by atoms with Crippen LogP contribution in [0.3, 0.4) is 0 Å². The average molecular weight is 192 g/mol. The summed E-state index contributed by atoms with van der Waals surface area (Å²) >= 11 is 1.70. The highest BCUT2D eigenvalue weighted by Crippen LogP contribution is 2.27. The van der Waals surface area contributed by atoms with Crippen LogP contribution in [0.25, 0.3) is 0 Å². The minimum absolute atomic E-state index is 0.545. The Kier molecular flexibility index (Phi) is 2.62. The second-order valence-electron chi connectivity index (χ2n) is 3.33. The molecule has 1 atom stereocenters. The summed E-state index contributed by atoms with van der Waals surface area (Å²) in [7, 11) is 0. The lowest BCUT2D eigenvalue weighted by Gasteiger charge is -2.05. The summed E-state index contributed by atoms with van der Waals surface area (Å²) in [5, 5.41) is 14.2. The number of hydrogen-bond acceptors (Lipinski definition) is 3. The van der Waals surface area contributed by atoms with Crippen LogP contribution in [0.4, 0.5) is 0 Å². The highest BCUT2D eigenvalue weighted by atomic mass is 32.1. The Morgan fingerprint density at radius 2 is 2.62 bits per heavy atom. The molecular weight excluding hydrogens is 180 g/mol. The Bertz CT molecular complexity index is 318. The Balaban J connectivity index is 2.08. The molecule has 1 aromatic heterocycles. The zero-order valence-electron chi connectivity index (χ0n) is 7.42. The van der Waals surface area contributed by atoms with E-state index in [4.69, 9.17) is 5.26 Å². The summed E-state index contributed by atoms with van der Waals surface area (Å²) < 4.78 is 0. The van der Waals surface area contributed by atoms with E-state index in [1.165, 1.54) is 23.3 Å². The van der Waals surface area contributed by atoms with E-state index in [9.17, 15) is 0 Å². The molecule has 2 nitrogen and oxygen atoms in total. The van der Waals surface area contributed by atoms with Gasteiger partial charge in [0.15, 0.2) is 0 Å². The van der Waals surface area contributed by atoms with E-state index >= 15 is 0 Å². The molecule has 0 radical (unpaired) electrons. The molecule has 1 N–H and O–H groups in total. The lowest BCUT2D eigenvalue weighted by molar-refractivity contribution is 0.650. The second kappa shape index (κ2) is 3.91. The monoisotopic (exact) mass is 192 g/mol. The topological polar surface area (TPSA) is 35.8 Å². The number of hydrogen-bond donors (Lipinski definition) is 1. The Morgan fingerprint density at radius 1 is 1.69 bits per heavy atom. The number of nitrogens with zero attached hydrogens (tertiary/aromatic N) is 1. The summed E-state index contributed by atoms with van der Waals surface area (Å²) in [4.78, 5) is 1.19. The third kappa shape index (κ3) is 1.90. The summed E-state index contributed by atoms with van der Waals surface area (Å²) in [6.45, 7) is 1.13. The largest absolute Gasteiger partial charge is 0.310 e. The van der Waals surface area contributed by atoms with Crippen molar-refractivity contribution in [2.45, 2.75) is 25.3 Å². The van der Waals surface area contributed by atoms with Crippen LogP contribution in [0, 0.1) is 11.3 Å². The van der Waals surface area contributed by atoms with Gasteiger partial charge in [-0.05, 0) is 36.4 Å². The van der Waals surface area contributed by atoms with E-state index in [0.29, 0.717) is 12.5 Å². The number of nitriles is 1. The Hall–Kier alpha value is -0.850.